The molecule has 2 heteroatoms. The van der Waals surface area contributed by atoms with E-state index in [0.717, 1.165) is 0 Å². The number of hydrogen-bond acceptors (Lipinski definition) is 2. The zero-order chi connectivity index (χ0) is 8.39. The lowest BCUT2D eigenvalue weighted by Gasteiger charge is -2.10. The van der Waals surface area contributed by atoms with Crippen molar-refractivity contribution in [1.82, 2.24) is 5.32 Å². The van der Waals surface area contributed by atoms with Crippen molar-refractivity contribution < 1.29 is 0 Å². The van der Waals surface area contributed by atoms with E-state index in [0.29, 0.717) is 5.37 Å². The molecule has 1 nitrogen and oxygen atoms in total. The van der Waals surface area contributed by atoms with Crippen LogP contribution in [0.2, 0.25) is 0 Å². The van der Waals surface area contributed by atoms with Gasteiger partial charge in [-0.2, -0.15) is 0 Å². The highest BCUT2D eigenvalue weighted by molar-refractivity contribution is 8.02. The predicted molar refractivity (Wildman–Crippen MR) is 53.8 cm³/mol. The normalized spacial score (nSPS) is 20.9. The maximum absolute atomic E-state index is 3.28. The molecular formula is C10H11NS. The highest BCUT2D eigenvalue weighted by Gasteiger charge is 2.11. The summed E-state index contributed by atoms with van der Waals surface area (Å²) in [7, 11) is 0. The minimum absolute atomic E-state index is 0.421. The first kappa shape index (κ1) is 7.74. The van der Waals surface area contributed by atoms with Crippen LogP contribution in [0.15, 0.2) is 35.9 Å². The second-order valence-corrected chi connectivity index (χ2v) is 3.92. The lowest BCUT2D eigenvalue weighted by Crippen LogP contribution is -2.06. The molecule has 1 aliphatic rings. The van der Waals surface area contributed by atoms with Crippen LogP contribution in [-0.4, -0.2) is 0 Å². The van der Waals surface area contributed by atoms with Crippen molar-refractivity contribution in [2.45, 2.75) is 12.3 Å². The number of nitrogens with one attached hydrogen (secondary N) is 1. The molecular weight excluding hydrogens is 166 g/mol. The van der Waals surface area contributed by atoms with E-state index in [-0.39, 0.29) is 0 Å². The van der Waals surface area contributed by atoms with Gasteiger partial charge in [0.2, 0.25) is 0 Å². The zero-order valence-electron chi connectivity index (χ0n) is 6.95. The van der Waals surface area contributed by atoms with Gasteiger partial charge in [-0.15, -0.1) is 11.8 Å². The van der Waals surface area contributed by atoms with Crippen LogP contribution in [0.4, 0.5) is 0 Å². The molecule has 0 fully saturated rings. The Labute approximate surface area is 76.9 Å². The summed E-state index contributed by atoms with van der Waals surface area (Å²) in [6, 6.07) is 8.60. The Balaban J connectivity index is 2.22. The van der Waals surface area contributed by atoms with Crippen molar-refractivity contribution in [3.05, 3.63) is 47.0 Å². The number of aryl methyl sites for hydroxylation is 1. The maximum Gasteiger partial charge on any atom is 0.102 e. The summed E-state index contributed by atoms with van der Waals surface area (Å²) in [5, 5.41) is 5.79. The summed E-state index contributed by atoms with van der Waals surface area (Å²) in [4.78, 5) is 0. The molecule has 1 atom stereocenters. The largest absolute Gasteiger partial charge is 0.375 e. The Bertz CT molecular complexity index is 298. The molecule has 1 unspecified atom stereocenters. The van der Waals surface area contributed by atoms with Crippen LogP contribution in [0.3, 0.4) is 0 Å². The quantitative estimate of drug-likeness (QED) is 0.708. The average molecular weight is 177 g/mol. The van der Waals surface area contributed by atoms with Gasteiger partial charge in [-0.3, -0.25) is 0 Å². The first-order valence-corrected chi connectivity index (χ1v) is 4.93. The smallest absolute Gasteiger partial charge is 0.102 e. The van der Waals surface area contributed by atoms with Gasteiger partial charge in [0.15, 0.2) is 0 Å². The molecule has 12 heavy (non-hydrogen) atoms. The van der Waals surface area contributed by atoms with Gasteiger partial charge in [-0.25, -0.2) is 0 Å². The molecule has 1 aromatic carbocycles. The molecule has 0 saturated heterocycles. The highest BCUT2D eigenvalue weighted by atomic mass is 32.2. The van der Waals surface area contributed by atoms with E-state index in [2.05, 4.69) is 41.9 Å². The molecule has 1 aromatic rings. The molecule has 0 saturated carbocycles. The Hall–Kier alpha value is -0.890. The minimum atomic E-state index is 0.421. The van der Waals surface area contributed by atoms with Crippen molar-refractivity contribution in [3.8, 4) is 0 Å². The van der Waals surface area contributed by atoms with Gasteiger partial charge in [0.1, 0.15) is 5.37 Å². The Morgan fingerprint density at radius 3 is 3.00 bits per heavy atom. The number of thioether (sulfide) groups is 1. The highest BCUT2D eigenvalue weighted by Crippen LogP contribution is 2.30. The van der Waals surface area contributed by atoms with Crippen molar-refractivity contribution >= 4 is 11.8 Å². The van der Waals surface area contributed by atoms with E-state index in [1.54, 1.807) is 0 Å². The molecule has 1 aliphatic heterocycles. The fourth-order valence-electron chi connectivity index (χ4n) is 1.29. The van der Waals surface area contributed by atoms with Gasteiger partial charge in [-0.1, -0.05) is 29.8 Å². The van der Waals surface area contributed by atoms with Crippen LogP contribution in [-0.2, 0) is 0 Å². The first-order chi connectivity index (χ1) is 5.86. The fraction of sp³-hybridized carbons (Fsp3) is 0.200. The van der Waals surface area contributed by atoms with Crippen molar-refractivity contribution in [2.75, 3.05) is 0 Å². The third kappa shape index (κ3) is 1.48. The third-order valence-electron chi connectivity index (χ3n) is 1.88. The van der Waals surface area contributed by atoms with E-state index in [1.165, 1.54) is 11.1 Å². The minimum Gasteiger partial charge on any atom is -0.375 e. The van der Waals surface area contributed by atoms with E-state index < -0.39 is 0 Å². The first-order valence-electron chi connectivity index (χ1n) is 3.99. The molecule has 0 bridgehead atoms. The summed E-state index contributed by atoms with van der Waals surface area (Å²) in [5.74, 6) is 0. The topological polar surface area (TPSA) is 12.0 Å². The van der Waals surface area contributed by atoms with Crippen LogP contribution in [0, 0.1) is 6.92 Å². The van der Waals surface area contributed by atoms with Crippen LogP contribution >= 0.6 is 11.8 Å². The molecule has 2 rings (SSSR count). The van der Waals surface area contributed by atoms with Gasteiger partial charge in [0, 0.05) is 6.20 Å². The second-order valence-electron chi connectivity index (χ2n) is 2.90. The summed E-state index contributed by atoms with van der Waals surface area (Å²) >= 11 is 1.81. The lowest BCUT2D eigenvalue weighted by molar-refractivity contribution is 0.861. The van der Waals surface area contributed by atoms with Crippen molar-refractivity contribution in [3.63, 3.8) is 0 Å². The maximum atomic E-state index is 3.28. The second kappa shape index (κ2) is 3.23. The van der Waals surface area contributed by atoms with E-state index in [4.69, 9.17) is 0 Å². The molecule has 0 aromatic heterocycles. The summed E-state index contributed by atoms with van der Waals surface area (Å²) in [6.07, 6.45) is 2.00. The molecule has 62 valence electrons. The Morgan fingerprint density at radius 2 is 2.33 bits per heavy atom. The molecule has 0 radical (unpaired) electrons. The molecule has 1 N–H and O–H groups in total. The van der Waals surface area contributed by atoms with Gasteiger partial charge in [0.05, 0.1) is 0 Å². The molecule has 0 aliphatic carbocycles. The average Bonchev–Trinajstić information content (AvgIpc) is 2.56. The van der Waals surface area contributed by atoms with Gasteiger partial charge in [0.25, 0.3) is 0 Å². The van der Waals surface area contributed by atoms with Crippen LogP contribution < -0.4 is 5.32 Å². The van der Waals surface area contributed by atoms with E-state index in [1.807, 2.05) is 18.0 Å². The Morgan fingerprint density at radius 1 is 1.42 bits per heavy atom. The van der Waals surface area contributed by atoms with Gasteiger partial charge < -0.3 is 5.32 Å². The van der Waals surface area contributed by atoms with Gasteiger partial charge in [-0.05, 0) is 17.9 Å². The number of hydrogen-bond donors (Lipinski definition) is 1. The van der Waals surface area contributed by atoms with Crippen LogP contribution in [0.1, 0.15) is 16.5 Å². The number of benzene rings is 1. The lowest BCUT2D eigenvalue weighted by atomic mass is 10.1. The Kier molecular flexibility index (Phi) is 2.09. The standard InChI is InChI=1S/C10H11NS/c1-8-3-2-4-9(7-8)10-11-5-6-12-10/h2-7,10-11H,1H3. The van der Waals surface area contributed by atoms with Gasteiger partial charge >= 0.3 is 0 Å². The molecule has 0 amide bonds. The molecule has 1 heterocycles. The van der Waals surface area contributed by atoms with Crippen molar-refractivity contribution in [2.24, 2.45) is 0 Å². The van der Waals surface area contributed by atoms with Crippen molar-refractivity contribution in [1.29, 1.82) is 0 Å². The fourth-order valence-corrected chi connectivity index (χ4v) is 2.07. The third-order valence-corrected chi connectivity index (χ3v) is 2.85. The summed E-state index contributed by atoms with van der Waals surface area (Å²) in [5.41, 5.74) is 2.67. The molecule has 0 spiro atoms. The van der Waals surface area contributed by atoms with Crippen LogP contribution in [0.25, 0.3) is 0 Å². The zero-order valence-corrected chi connectivity index (χ0v) is 7.77. The SMILES string of the molecule is Cc1cccc(C2NC=CS2)c1. The van der Waals surface area contributed by atoms with E-state index >= 15 is 0 Å². The summed E-state index contributed by atoms with van der Waals surface area (Å²) in [6.45, 7) is 2.12. The monoisotopic (exact) mass is 177 g/mol. The van der Waals surface area contributed by atoms with E-state index in [9.17, 15) is 0 Å². The summed E-state index contributed by atoms with van der Waals surface area (Å²) < 4.78 is 0. The predicted octanol–water partition coefficient (Wildman–Crippen LogP) is 2.80. The van der Waals surface area contributed by atoms with Crippen LogP contribution in [0.5, 0.6) is 0 Å². The number of rotatable bonds is 1.